The molecule has 1 amide bonds. The molecule has 1 atom stereocenters. The first kappa shape index (κ1) is 21.2. The lowest BCUT2D eigenvalue weighted by atomic mass is 9.99. The molecule has 0 radical (unpaired) electrons. The molecule has 0 aliphatic carbocycles. The topological polar surface area (TPSA) is 123 Å². The maximum atomic E-state index is 13.0. The van der Waals surface area contributed by atoms with Crippen molar-refractivity contribution in [2.24, 2.45) is 13.0 Å². The number of piperidine rings is 1. The molecule has 1 aliphatic rings. The van der Waals surface area contributed by atoms with Gasteiger partial charge in [0.05, 0.1) is 10.8 Å². The summed E-state index contributed by atoms with van der Waals surface area (Å²) in [6, 6.07) is 8.46. The van der Waals surface area contributed by atoms with Crippen molar-refractivity contribution in [1.29, 1.82) is 0 Å². The molecule has 4 rings (SSSR count). The van der Waals surface area contributed by atoms with Crippen LogP contribution in [0.1, 0.15) is 24.1 Å². The van der Waals surface area contributed by atoms with Crippen LogP contribution in [0.25, 0.3) is 11.6 Å². The number of nitrogens with zero attached hydrogens (tertiary/aromatic N) is 5. The summed E-state index contributed by atoms with van der Waals surface area (Å²) < 4.78 is 34.5. The molecular weight excluding hydrogens is 420 g/mol. The van der Waals surface area contributed by atoms with Gasteiger partial charge in [-0.1, -0.05) is 22.8 Å². The molecule has 1 unspecified atom stereocenters. The Morgan fingerprint density at radius 1 is 1.19 bits per heavy atom. The van der Waals surface area contributed by atoms with Crippen molar-refractivity contribution >= 4 is 21.9 Å². The van der Waals surface area contributed by atoms with E-state index in [1.165, 1.54) is 4.31 Å². The predicted molar refractivity (Wildman–Crippen MR) is 113 cm³/mol. The number of hydrogen-bond donors (Lipinski definition) is 1. The number of nitrogens with one attached hydrogen (secondary N) is 1. The van der Waals surface area contributed by atoms with E-state index >= 15 is 0 Å². The lowest BCUT2D eigenvalue weighted by Crippen LogP contribution is -2.43. The van der Waals surface area contributed by atoms with Crippen molar-refractivity contribution in [3.8, 4) is 11.6 Å². The maximum Gasteiger partial charge on any atom is 0.322 e. The van der Waals surface area contributed by atoms with Gasteiger partial charge in [-0.3, -0.25) is 14.8 Å². The summed E-state index contributed by atoms with van der Waals surface area (Å²) in [4.78, 5) is 13.0. The number of rotatable bonds is 5. The number of aromatic nitrogens is 4. The third-order valence-electron chi connectivity index (χ3n) is 5.40. The fourth-order valence-electron chi connectivity index (χ4n) is 3.48. The van der Waals surface area contributed by atoms with E-state index in [2.05, 4.69) is 20.6 Å². The molecule has 2 aromatic heterocycles. The molecular formula is C20H24N6O4S. The normalized spacial score (nSPS) is 17.6. The Morgan fingerprint density at radius 2 is 1.94 bits per heavy atom. The molecule has 31 heavy (non-hydrogen) atoms. The van der Waals surface area contributed by atoms with Crippen LogP contribution in [-0.4, -0.2) is 51.7 Å². The molecule has 0 saturated carbocycles. The molecule has 0 bridgehead atoms. The van der Waals surface area contributed by atoms with E-state index < -0.39 is 15.9 Å². The predicted octanol–water partition coefficient (Wildman–Crippen LogP) is 2.13. The molecule has 3 heterocycles. The fraction of sp³-hybridized carbons (Fsp3) is 0.400. The van der Waals surface area contributed by atoms with Crippen LogP contribution in [0.2, 0.25) is 0 Å². The smallest absolute Gasteiger partial charge is 0.322 e. The van der Waals surface area contributed by atoms with Gasteiger partial charge < -0.3 is 4.42 Å². The highest BCUT2D eigenvalue weighted by Gasteiger charge is 2.33. The molecule has 164 valence electrons. The third kappa shape index (κ3) is 4.37. The number of hydrogen-bond acceptors (Lipinski definition) is 7. The van der Waals surface area contributed by atoms with Crippen LogP contribution in [0.4, 0.5) is 6.01 Å². The highest BCUT2D eigenvalue weighted by molar-refractivity contribution is 7.89. The first-order valence-corrected chi connectivity index (χ1v) is 11.4. The summed E-state index contributed by atoms with van der Waals surface area (Å²) in [6.45, 7) is 4.27. The zero-order chi connectivity index (χ0) is 22.2. The van der Waals surface area contributed by atoms with Gasteiger partial charge in [0.1, 0.15) is 5.69 Å². The SMILES string of the molecule is Cc1ccc(S(=O)(=O)N2CCCC(C(=O)Nc3nnc(-c4cc(C)n(C)n4)o3)C2)cc1. The maximum absolute atomic E-state index is 13.0. The lowest BCUT2D eigenvalue weighted by molar-refractivity contribution is -0.121. The summed E-state index contributed by atoms with van der Waals surface area (Å²) in [5.41, 5.74) is 2.42. The Kier molecular flexibility index (Phi) is 5.63. The number of benzene rings is 1. The van der Waals surface area contributed by atoms with Crippen LogP contribution in [0.15, 0.2) is 39.6 Å². The van der Waals surface area contributed by atoms with Crippen molar-refractivity contribution < 1.29 is 17.6 Å². The highest BCUT2D eigenvalue weighted by atomic mass is 32.2. The number of carbonyl (C=O) groups is 1. The van der Waals surface area contributed by atoms with Gasteiger partial charge in [0.2, 0.25) is 15.9 Å². The van der Waals surface area contributed by atoms with E-state index in [0.717, 1.165) is 11.3 Å². The largest absolute Gasteiger partial charge is 0.401 e. The Bertz CT molecular complexity index is 1180. The van der Waals surface area contributed by atoms with Crippen LogP contribution >= 0.6 is 0 Å². The second-order valence-corrected chi connectivity index (χ2v) is 9.65. The van der Waals surface area contributed by atoms with E-state index in [1.54, 1.807) is 42.1 Å². The summed E-state index contributed by atoms with van der Waals surface area (Å²) in [5.74, 6) is -0.663. The number of amides is 1. The van der Waals surface area contributed by atoms with Gasteiger partial charge in [-0.2, -0.15) is 9.40 Å². The Balaban J connectivity index is 1.44. The van der Waals surface area contributed by atoms with E-state index in [0.29, 0.717) is 25.1 Å². The second-order valence-electron chi connectivity index (χ2n) is 7.71. The molecule has 1 N–H and O–H groups in total. The average molecular weight is 445 g/mol. The second kappa shape index (κ2) is 8.23. The quantitative estimate of drug-likeness (QED) is 0.639. The van der Waals surface area contributed by atoms with Crippen LogP contribution in [0.3, 0.4) is 0 Å². The van der Waals surface area contributed by atoms with Crippen molar-refractivity contribution in [2.75, 3.05) is 18.4 Å². The van der Waals surface area contributed by atoms with Crippen molar-refractivity contribution in [1.82, 2.24) is 24.3 Å². The van der Waals surface area contributed by atoms with Gasteiger partial charge >= 0.3 is 6.01 Å². The molecule has 1 fully saturated rings. The van der Waals surface area contributed by atoms with Crippen LogP contribution in [0.5, 0.6) is 0 Å². The van der Waals surface area contributed by atoms with E-state index in [1.807, 2.05) is 13.8 Å². The number of sulfonamides is 1. The van der Waals surface area contributed by atoms with Crippen LogP contribution in [0, 0.1) is 19.8 Å². The number of anilines is 1. The minimum atomic E-state index is -3.66. The van der Waals surface area contributed by atoms with Crippen molar-refractivity contribution in [3.63, 3.8) is 0 Å². The summed E-state index contributed by atoms with van der Waals surface area (Å²) in [6.07, 6.45) is 1.16. The zero-order valence-corrected chi connectivity index (χ0v) is 18.4. The zero-order valence-electron chi connectivity index (χ0n) is 17.6. The lowest BCUT2D eigenvalue weighted by Gasteiger charge is -2.30. The summed E-state index contributed by atoms with van der Waals surface area (Å²) in [7, 11) is -1.86. The molecule has 1 aliphatic heterocycles. The van der Waals surface area contributed by atoms with Gasteiger partial charge in [-0.15, -0.1) is 5.10 Å². The summed E-state index contributed by atoms with van der Waals surface area (Å²) in [5, 5.41) is 14.7. The van der Waals surface area contributed by atoms with Crippen molar-refractivity contribution in [2.45, 2.75) is 31.6 Å². The van der Waals surface area contributed by atoms with Gasteiger partial charge in [0.25, 0.3) is 5.89 Å². The van der Waals surface area contributed by atoms with Crippen molar-refractivity contribution in [3.05, 3.63) is 41.6 Å². The average Bonchev–Trinajstić information content (AvgIpc) is 3.35. The van der Waals surface area contributed by atoms with Gasteiger partial charge in [0, 0.05) is 25.8 Å². The Morgan fingerprint density at radius 3 is 2.61 bits per heavy atom. The minimum Gasteiger partial charge on any atom is -0.401 e. The fourth-order valence-corrected chi connectivity index (χ4v) is 5.01. The number of carbonyl (C=O) groups excluding carboxylic acids is 1. The molecule has 10 nitrogen and oxygen atoms in total. The monoisotopic (exact) mass is 444 g/mol. The Hall–Kier alpha value is -3.05. The standard InChI is InChI=1S/C20H24N6O4S/c1-13-6-8-16(9-7-13)31(28,29)26-10-4-5-15(12-26)18(27)21-20-23-22-19(30-20)17-11-14(2)25(3)24-17/h6-9,11,15H,4-5,10,12H2,1-3H3,(H,21,23,27). The van der Waals surface area contributed by atoms with Gasteiger partial charge in [0.15, 0.2) is 0 Å². The molecule has 1 aromatic carbocycles. The van der Waals surface area contributed by atoms with E-state index in [9.17, 15) is 13.2 Å². The third-order valence-corrected chi connectivity index (χ3v) is 7.28. The highest BCUT2D eigenvalue weighted by Crippen LogP contribution is 2.25. The van der Waals surface area contributed by atoms with E-state index in [4.69, 9.17) is 4.42 Å². The van der Waals surface area contributed by atoms with E-state index in [-0.39, 0.29) is 29.3 Å². The molecule has 3 aromatic rings. The summed E-state index contributed by atoms with van der Waals surface area (Å²) >= 11 is 0. The molecule has 11 heteroatoms. The number of aryl methyl sites for hydroxylation is 3. The van der Waals surface area contributed by atoms with Crippen LogP contribution in [-0.2, 0) is 21.9 Å². The first-order chi connectivity index (χ1) is 14.7. The molecule has 0 spiro atoms. The first-order valence-electron chi connectivity index (χ1n) is 9.96. The Labute approximate surface area is 180 Å². The molecule has 1 saturated heterocycles. The minimum absolute atomic E-state index is 0.0400. The van der Waals surface area contributed by atoms with Gasteiger partial charge in [-0.05, 0) is 44.9 Å². The van der Waals surface area contributed by atoms with Crippen LogP contribution < -0.4 is 5.32 Å². The van der Waals surface area contributed by atoms with Gasteiger partial charge in [-0.25, -0.2) is 8.42 Å².